The molecule has 2 heterocycles. The van der Waals surface area contributed by atoms with Gasteiger partial charge >= 0.3 is 0 Å². The standard InChI is InChI=1S/C20H24N4O/c1-22-17-8-4-3-7-16(17)21-20(22)15-23-11-13-24(14-12-23)18-9-5-6-10-19(18)25-2/h3-10H,11-15H2,1-2H3. The van der Waals surface area contributed by atoms with Crippen LogP contribution in [-0.2, 0) is 13.6 Å². The largest absolute Gasteiger partial charge is 0.495 e. The van der Waals surface area contributed by atoms with Crippen molar-refractivity contribution in [1.29, 1.82) is 0 Å². The molecule has 0 amide bonds. The molecule has 0 bridgehead atoms. The summed E-state index contributed by atoms with van der Waals surface area (Å²) in [6, 6.07) is 16.6. The van der Waals surface area contributed by atoms with E-state index in [9.17, 15) is 0 Å². The first-order chi connectivity index (χ1) is 12.3. The van der Waals surface area contributed by atoms with Gasteiger partial charge in [0, 0.05) is 33.2 Å². The van der Waals surface area contributed by atoms with Crippen LogP contribution in [0.25, 0.3) is 11.0 Å². The van der Waals surface area contributed by atoms with Gasteiger partial charge in [-0.3, -0.25) is 4.90 Å². The molecule has 130 valence electrons. The number of anilines is 1. The molecule has 0 N–H and O–H groups in total. The number of hydrogen-bond acceptors (Lipinski definition) is 4. The minimum absolute atomic E-state index is 0.894. The number of ether oxygens (including phenoxy) is 1. The highest BCUT2D eigenvalue weighted by molar-refractivity contribution is 5.75. The van der Waals surface area contributed by atoms with E-state index in [1.807, 2.05) is 18.2 Å². The second-order valence-electron chi connectivity index (χ2n) is 6.51. The molecule has 2 aromatic carbocycles. The average Bonchev–Trinajstić information content (AvgIpc) is 2.98. The van der Waals surface area contributed by atoms with E-state index in [1.54, 1.807) is 7.11 Å². The summed E-state index contributed by atoms with van der Waals surface area (Å²) >= 11 is 0. The van der Waals surface area contributed by atoms with Gasteiger partial charge in [-0.05, 0) is 24.3 Å². The van der Waals surface area contributed by atoms with Crippen LogP contribution in [-0.4, -0.2) is 47.7 Å². The molecule has 0 aliphatic carbocycles. The zero-order valence-corrected chi connectivity index (χ0v) is 14.9. The van der Waals surface area contributed by atoms with E-state index in [1.165, 1.54) is 11.2 Å². The summed E-state index contributed by atoms with van der Waals surface area (Å²) in [5.74, 6) is 2.08. The van der Waals surface area contributed by atoms with Crippen LogP contribution in [0.4, 0.5) is 5.69 Å². The Bertz CT molecular complexity index is 865. The Labute approximate surface area is 148 Å². The molecule has 1 aromatic heterocycles. The summed E-state index contributed by atoms with van der Waals surface area (Å²) in [4.78, 5) is 9.68. The van der Waals surface area contributed by atoms with Gasteiger partial charge < -0.3 is 14.2 Å². The molecular formula is C20H24N4O. The highest BCUT2D eigenvalue weighted by Crippen LogP contribution is 2.28. The number of para-hydroxylation sites is 4. The Morgan fingerprint density at radius 3 is 2.44 bits per heavy atom. The second-order valence-corrected chi connectivity index (χ2v) is 6.51. The Hall–Kier alpha value is -2.53. The number of rotatable bonds is 4. The lowest BCUT2D eigenvalue weighted by atomic mass is 10.2. The van der Waals surface area contributed by atoms with Crippen molar-refractivity contribution >= 4 is 16.7 Å². The normalized spacial score (nSPS) is 15.7. The first-order valence-corrected chi connectivity index (χ1v) is 8.77. The van der Waals surface area contributed by atoms with E-state index in [2.05, 4.69) is 51.7 Å². The highest BCUT2D eigenvalue weighted by Gasteiger charge is 2.21. The van der Waals surface area contributed by atoms with Gasteiger partial charge in [0.05, 0.1) is 30.4 Å². The molecule has 1 aliphatic rings. The number of benzene rings is 2. The van der Waals surface area contributed by atoms with Crippen molar-refractivity contribution in [3.05, 3.63) is 54.4 Å². The van der Waals surface area contributed by atoms with Crippen LogP contribution in [0.1, 0.15) is 5.82 Å². The zero-order valence-electron chi connectivity index (χ0n) is 14.9. The molecule has 4 rings (SSSR count). The van der Waals surface area contributed by atoms with Gasteiger partial charge in [0.2, 0.25) is 0 Å². The molecule has 0 saturated carbocycles. The molecule has 3 aromatic rings. The van der Waals surface area contributed by atoms with Crippen LogP contribution in [0.3, 0.4) is 0 Å². The second kappa shape index (κ2) is 6.76. The van der Waals surface area contributed by atoms with Crippen molar-refractivity contribution in [3.63, 3.8) is 0 Å². The van der Waals surface area contributed by atoms with E-state index in [0.717, 1.165) is 49.8 Å². The van der Waals surface area contributed by atoms with Crippen LogP contribution in [0, 0.1) is 0 Å². The summed E-state index contributed by atoms with van der Waals surface area (Å²) in [5.41, 5.74) is 3.46. The third-order valence-electron chi connectivity index (χ3n) is 5.04. The lowest BCUT2D eigenvalue weighted by molar-refractivity contribution is 0.241. The van der Waals surface area contributed by atoms with Crippen LogP contribution in [0.5, 0.6) is 5.75 Å². The predicted molar refractivity (Wildman–Crippen MR) is 101 cm³/mol. The van der Waals surface area contributed by atoms with Gasteiger partial charge in [0.25, 0.3) is 0 Å². The summed E-state index contributed by atoms with van der Waals surface area (Å²) in [5, 5.41) is 0. The van der Waals surface area contributed by atoms with Gasteiger partial charge in [-0.2, -0.15) is 0 Å². The molecule has 0 atom stereocenters. The van der Waals surface area contributed by atoms with Crippen LogP contribution < -0.4 is 9.64 Å². The molecule has 25 heavy (non-hydrogen) atoms. The first kappa shape index (κ1) is 16.0. The minimum Gasteiger partial charge on any atom is -0.495 e. The van der Waals surface area contributed by atoms with E-state index >= 15 is 0 Å². The van der Waals surface area contributed by atoms with Gasteiger partial charge in [0.15, 0.2) is 0 Å². The van der Waals surface area contributed by atoms with Crippen molar-refractivity contribution in [3.8, 4) is 5.75 Å². The van der Waals surface area contributed by atoms with Crippen molar-refractivity contribution in [2.24, 2.45) is 7.05 Å². The fourth-order valence-corrected chi connectivity index (χ4v) is 3.57. The fraction of sp³-hybridized carbons (Fsp3) is 0.350. The highest BCUT2D eigenvalue weighted by atomic mass is 16.5. The number of imidazole rings is 1. The van der Waals surface area contributed by atoms with Gasteiger partial charge in [-0.25, -0.2) is 4.98 Å². The molecule has 5 heteroatoms. The summed E-state index contributed by atoms with van der Waals surface area (Å²) in [6.45, 7) is 4.96. The van der Waals surface area contributed by atoms with Crippen molar-refractivity contribution in [2.45, 2.75) is 6.54 Å². The number of aryl methyl sites for hydroxylation is 1. The number of piperazine rings is 1. The monoisotopic (exact) mass is 336 g/mol. The third kappa shape index (κ3) is 3.07. The Balaban J connectivity index is 1.44. The molecule has 0 spiro atoms. The fourth-order valence-electron chi connectivity index (χ4n) is 3.57. The lowest BCUT2D eigenvalue weighted by Gasteiger charge is -2.36. The van der Waals surface area contributed by atoms with E-state index in [-0.39, 0.29) is 0 Å². The molecule has 1 saturated heterocycles. The molecule has 1 fully saturated rings. The van der Waals surface area contributed by atoms with Crippen LogP contribution in [0.2, 0.25) is 0 Å². The Morgan fingerprint density at radius 2 is 1.68 bits per heavy atom. The van der Waals surface area contributed by atoms with Gasteiger partial charge in [-0.1, -0.05) is 24.3 Å². The maximum atomic E-state index is 5.50. The predicted octanol–water partition coefficient (Wildman–Crippen LogP) is 2.90. The summed E-state index contributed by atoms with van der Waals surface area (Å²) < 4.78 is 7.71. The SMILES string of the molecule is COc1ccccc1N1CCN(Cc2nc3ccccc3n2C)CC1. The van der Waals surface area contributed by atoms with E-state index in [4.69, 9.17) is 9.72 Å². The molecular weight excluding hydrogens is 312 g/mol. The lowest BCUT2D eigenvalue weighted by Crippen LogP contribution is -2.46. The Morgan fingerprint density at radius 1 is 0.960 bits per heavy atom. The summed E-state index contributed by atoms with van der Waals surface area (Å²) in [6.07, 6.45) is 0. The van der Waals surface area contributed by atoms with Crippen LogP contribution >= 0.6 is 0 Å². The smallest absolute Gasteiger partial charge is 0.142 e. The van der Waals surface area contributed by atoms with Crippen molar-refractivity contribution in [1.82, 2.24) is 14.5 Å². The van der Waals surface area contributed by atoms with Crippen LogP contribution in [0.15, 0.2) is 48.5 Å². The molecule has 0 radical (unpaired) electrons. The average molecular weight is 336 g/mol. The number of hydrogen-bond donors (Lipinski definition) is 0. The third-order valence-corrected chi connectivity index (χ3v) is 5.04. The van der Waals surface area contributed by atoms with Gasteiger partial charge in [-0.15, -0.1) is 0 Å². The quantitative estimate of drug-likeness (QED) is 0.734. The first-order valence-electron chi connectivity index (χ1n) is 8.77. The minimum atomic E-state index is 0.894. The number of nitrogens with zero attached hydrogens (tertiary/aromatic N) is 4. The topological polar surface area (TPSA) is 33.5 Å². The maximum absolute atomic E-state index is 5.50. The van der Waals surface area contributed by atoms with Crippen molar-refractivity contribution < 1.29 is 4.74 Å². The Kier molecular flexibility index (Phi) is 4.32. The van der Waals surface area contributed by atoms with Crippen molar-refractivity contribution in [2.75, 3.05) is 38.2 Å². The molecule has 1 aliphatic heterocycles. The molecule has 0 unspecified atom stereocenters. The maximum Gasteiger partial charge on any atom is 0.142 e. The number of aromatic nitrogens is 2. The zero-order chi connectivity index (χ0) is 17.2. The van der Waals surface area contributed by atoms with E-state index < -0.39 is 0 Å². The van der Waals surface area contributed by atoms with E-state index in [0.29, 0.717) is 0 Å². The molecule has 5 nitrogen and oxygen atoms in total. The summed E-state index contributed by atoms with van der Waals surface area (Å²) in [7, 11) is 3.84. The van der Waals surface area contributed by atoms with Gasteiger partial charge in [0.1, 0.15) is 11.6 Å². The number of fused-ring (bicyclic) bond motifs is 1. The number of methoxy groups -OCH3 is 1.